The zero-order valence-corrected chi connectivity index (χ0v) is 11.7. The van der Waals surface area contributed by atoms with Crippen molar-refractivity contribution < 1.29 is 4.52 Å². The minimum atomic E-state index is -0.0380. The molecule has 2 aromatic rings. The second-order valence-electron chi connectivity index (χ2n) is 3.99. The van der Waals surface area contributed by atoms with E-state index in [4.69, 9.17) is 4.52 Å². The first kappa shape index (κ1) is 12.3. The highest BCUT2D eigenvalue weighted by Gasteiger charge is 2.10. The Balaban J connectivity index is 2.26. The van der Waals surface area contributed by atoms with Gasteiger partial charge in [-0.3, -0.25) is 4.79 Å². The summed E-state index contributed by atoms with van der Waals surface area (Å²) < 4.78 is 7.33. The molecule has 17 heavy (non-hydrogen) atoms. The second-order valence-corrected chi connectivity index (χ2v) is 5.15. The summed E-state index contributed by atoms with van der Waals surface area (Å²) in [4.78, 5) is 16.0. The Bertz CT molecular complexity index is 574. The third-order valence-electron chi connectivity index (χ3n) is 2.26. The Morgan fingerprint density at radius 3 is 2.94 bits per heavy atom. The third kappa shape index (κ3) is 2.74. The molecule has 6 heteroatoms. The molecule has 0 aliphatic rings. The lowest BCUT2D eigenvalue weighted by atomic mass is 10.2. The van der Waals surface area contributed by atoms with Gasteiger partial charge in [0.1, 0.15) is 0 Å². The lowest BCUT2D eigenvalue weighted by Crippen LogP contribution is -2.22. The van der Waals surface area contributed by atoms with Gasteiger partial charge in [0.15, 0.2) is 5.82 Å². The first-order valence-corrected chi connectivity index (χ1v) is 6.33. The van der Waals surface area contributed by atoms with Gasteiger partial charge in [-0.15, -0.1) is 0 Å². The minimum absolute atomic E-state index is 0.0380. The largest absolute Gasteiger partial charge is 0.339 e. The van der Waals surface area contributed by atoms with Gasteiger partial charge in [-0.25, -0.2) is 0 Å². The van der Waals surface area contributed by atoms with Crippen LogP contribution in [-0.2, 0) is 6.54 Å². The second kappa shape index (κ2) is 4.99. The summed E-state index contributed by atoms with van der Waals surface area (Å²) >= 11 is 2.01. The van der Waals surface area contributed by atoms with Crippen molar-refractivity contribution in [1.29, 1.82) is 0 Å². The Morgan fingerprint density at radius 2 is 2.29 bits per heavy atom. The number of pyridine rings is 1. The fourth-order valence-electron chi connectivity index (χ4n) is 1.35. The van der Waals surface area contributed by atoms with Gasteiger partial charge in [-0.1, -0.05) is 19.0 Å². The van der Waals surface area contributed by atoms with Crippen molar-refractivity contribution in [3.63, 3.8) is 0 Å². The van der Waals surface area contributed by atoms with E-state index in [1.165, 1.54) is 0 Å². The predicted octanol–water partition coefficient (Wildman–Crippen LogP) is 2.01. The molecule has 0 bridgehead atoms. The van der Waals surface area contributed by atoms with Crippen LogP contribution in [0.3, 0.4) is 0 Å². The van der Waals surface area contributed by atoms with Gasteiger partial charge in [0.2, 0.25) is 5.89 Å². The van der Waals surface area contributed by atoms with E-state index in [9.17, 15) is 4.79 Å². The maximum absolute atomic E-state index is 11.8. The van der Waals surface area contributed by atoms with Crippen LogP contribution in [0.5, 0.6) is 0 Å². The van der Waals surface area contributed by atoms with Gasteiger partial charge >= 0.3 is 0 Å². The Kier molecular flexibility index (Phi) is 3.60. The van der Waals surface area contributed by atoms with Crippen molar-refractivity contribution in [1.82, 2.24) is 14.7 Å². The molecule has 0 saturated carbocycles. The smallest absolute Gasteiger partial charge is 0.264 e. The Labute approximate surface area is 112 Å². The first-order chi connectivity index (χ1) is 8.08. The zero-order valence-electron chi connectivity index (χ0n) is 9.55. The van der Waals surface area contributed by atoms with Gasteiger partial charge in [-0.05, 0) is 34.7 Å². The molecule has 0 radical (unpaired) electrons. The zero-order chi connectivity index (χ0) is 12.4. The SMILES string of the molecule is CC(C)c1nc(Cn2cccc(I)c2=O)no1. The summed E-state index contributed by atoms with van der Waals surface area (Å²) in [5, 5.41) is 3.86. The summed E-state index contributed by atoms with van der Waals surface area (Å²) in [6, 6.07) is 3.60. The Morgan fingerprint density at radius 1 is 1.53 bits per heavy atom. The third-order valence-corrected chi connectivity index (χ3v) is 3.08. The molecule has 0 saturated heterocycles. The molecule has 0 atom stereocenters. The molecule has 2 heterocycles. The maximum atomic E-state index is 11.8. The molecule has 0 amide bonds. The predicted molar refractivity (Wildman–Crippen MR) is 70.9 cm³/mol. The van der Waals surface area contributed by atoms with Crippen molar-refractivity contribution in [2.24, 2.45) is 0 Å². The van der Waals surface area contributed by atoms with E-state index >= 15 is 0 Å². The van der Waals surface area contributed by atoms with Gasteiger partial charge in [0.25, 0.3) is 5.56 Å². The number of hydrogen-bond donors (Lipinski definition) is 0. The molecule has 0 unspecified atom stereocenters. The molecule has 0 spiro atoms. The number of hydrogen-bond acceptors (Lipinski definition) is 4. The fourth-order valence-corrected chi connectivity index (χ4v) is 1.87. The molecule has 0 aliphatic heterocycles. The lowest BCUT2D eigenvalue weighted by molar-refractivity contribution is 0.359. The summed E-state index contributed by atoms with van der Waals surface area (Å²) in [5.74, 6) is 1.32. The van der Waals surface area contributed by atoms with E-state index in [0.717, 1.165) is 0 Å². The Hall–Kier alpha value is -1.18. The van der Waals surface area contributed by atoms with Crippen molar-refractivity contribution in [2.75, 3.05) is 0 Å². The molecular weight excluding hydrogens is 333 g/mol. The van der Waals surface area contributed by atoms with Crippen LogP contribution >= 0.6 is 22.6 Å². The van der Waals surface area contributed by atoms with E-state index in [1.807, 2.05) is 42.5 Å². The monoisotopic (exact) mass is 345 g/mol. The quantitative estimate of drug-likeness (QED) is 0.799. The standard InChI is InChI=1S/C11H12IN3O2/c1-7(2)10-13-9(14-17-10)6-15-5-3-4-8(12)11(15)16/h3-5,7H,6H2,1-2H3. The van der Waals surface area contributed by atoms with Crippen LogP contribution < -0.4 is 5.56 Å². The molecule has 90 valence electrons. The van der Waals surface area contributed by atoms with Crippen molar-refractivity contribution in [3.8, 4) is 0 Å². The lowest BCUT2D eigenvalue weighted by Gasteiger charge is -2.01. The number of rotatable bonds is 3. The van der Waals surface area contributed by atoms with Gasteiger partial charge in [-0.2, -0.15) is 4.98 Å². The highest BCUT2D eigenvalue weighted by Crippen LogP contribution is 2.11. The van der Waals surface area contributed by atoms with Gasteiger partial charge in [0.05, 0.1) is 10.1 Å². The molecule has 0 fully saturated rings. The summed E-state index contributed by atoms with van der Waals surface area (Å²) in [5.41, 5.74) is -0.0380. The highest BCUT2D eigenvalue weighted by atomic mass is 127. The van der Waals surface area contributed by atoms with Gasteiger partial charge in [0, 0.05) is 12.1 Å². The fraction of sp³-hybridized carbons (Fsp3) is 0.364. The average Bonchev–Trinajstić information content (AvgIpc) is 2.73. The maximum Gasteiger partial charge on any atom is 0.264 e. The molecule has 5 nitrogen and oxygen atoms in total. The van der Waals surface area contributed by atoms with Crippen molar-refractivity contribution >= 4 is 22.6 Å². The molecule has 2 rings (SSSR count). The van der Waals surface area contributed by atoms with E-state index in [-0.39, 0.29) is 11.5 Å². The summed E-state index contributed by atoms with van der Waals surface area (Å²) in [6.07, 6.45) is 1.72. The van der Waals surface area contributed by atoms with Crippen molar-refractivity contribution in [3.05, 3.63) is 44.0 Å². The molecule has 0 N–H and O–H groups in total. The van der Waals surface area contributed by atoms with Gasteiger partial charge < -0.3 is 9.09 Å². The van der Waals surface area contributed by atoms with E-state index in [2.05, 4.69) is 10.1 Å². The first-order valence-electron chi connectivity index (χ1n) is 5.25. The van der Waals surface area contributed by atoms with Crippen LogP contribution in [0, 0.1) is 3.57 Å². The van der Waals surface area contributed by atoms with E-state index in [0.29, 0.717) is 21.8 Å². The highest BCUT2D eigenvalue weighted by molar-refractivity contribution is 14.1. The van der Waals surface area contributed by atoms with Crippen LogP contribution in [0.4, 0.5) is 0 Å². The molecular formula is C11H12IN3O2. The van der Waals surface area contributed by atoms with Crippen LogP contribution in [0.2, 0.25) is 0 Å². The summed E-state index contributed by atoms with van der Waals surface area (Å²) in [7, 11) is 0. The number of nitrogens with zero attached hydrogens (tertiary/aromatic N) is 3. The molecule has 0 aromatic carbocycles. The summed E-state index contributed by atoms with van der Waals surface area (Å²) in [6.45, 7) is 4.30. The van der Waals surface area contributed by atoms with Crippen LogP contribution in [-0.4, -0.2) is 14.7 Å². The number of halogens is 1. The number of aromatic nitrogens is 3. The topological polar surface area (TPSA) is 60.9 Å². The van der Waals surface area contributed by atoms with Crippen molar-refractivity contribution in [2.45, 2.75) is 26.3 Å². The average molecular weight is 345 g/mol. The van der Waals surface area contributed by atoms with Crippen LogP contribution in [0.25, 0.3) is 0 Å². The van der Waals surface area contributed by atoms with Crippen LogP contribution in [0.15, 0.2) is 27.6 Å². The normalized spacial score (nSPS) is 11.1. The van der Waals surface area contributed by atoms with Crippen LogP contribution in [0.1, 0.15) is 31.5 Å². The molecule has 2 aromatic heterocycles. The van der Waals surface area contributed by atoms with E-state index in [1.54, 1.807) is 16.8 Å². The molecule has 0 aliphatic carbocycles. The van der Waals surface area contributed by atoms with E-state index < -0.39 is 0 Å². The minimum Gasteiger partial charge on any atom is -0.339 e.